The second kappa shape index (κ2) is 11.7. The summed E-state index contributed by atoms with van der Waals surface area (Å²) in [6.07, 6.45) is 1.39. The Balaban J connectivity index is 1.74. The molecular formula is C27H24ClN3O4. The van der Waals surface area contributed by atoms with Crippen molar-refractivity contribution in [2.45, 2.75) is 13.8 Å². The molecule has 0 radical (unpaired) electrons. The van der Waals surface area contributed by atoms with Crippen LogP contribution in [0.2, 0.25) is 5.02 Å². The number of nitrogens with zero attached hydrogens (tertiary/aromatic N) is 1. The van der Waals surface area contributed by atoms with Gasteiger partial charge in [0, 0.05) is 11.4 Å². The quantitative estimate of drug-likeness (QED) is 0.320. The van der Waals surface area contributed by atoms with Crippen molar-refractivity contribution in [3.05, 3.63) is 87.9 Å². The van der Waals surface area contributed by atoms with Crippen LogP contribution in [0.5, 0.6) is 11.5 Å². The number of amides is 2. The van der Waals surface area contributed by atoms with Crippen molar-refractivity contribution in [3.8, 4) is 17.6 Å². The average Bonchev–Trinajstić information content (AvgIpc) is 2.84. The molecule has 35 heavy (non-hydrogen) atoms. The van der Waals surface area contributed by atoms with Crippen molar-refractivity contribution in [3.63, 3.8) is 0 Å². The minimum atomic E-state index is -0.558. The second-order valence-corrected chi connectivity index (χ2v) is 8.02. The Kier molecular flexibility index (Phi) is 8.49. The average molecular weight is 490 g/mol. The molecule has 3 rings (SSSR count). The maximum atomic E-state index is 12.5. The third-order valence-corrected chi connectivity index (χ3v) is 5.47. The summed E-state index contributed by atoms with van der Waals surface area (Å²) in [5, 5.41) is 15.1. The van der Waals surface area contributed by atoms with Gasteiger partial charge in [0.1, 0.15) is 11.6 Å². The second-order valence-electron chi connectivity index (χ2n) is 7.61. The van der Waals surface area contributed by atoms with Crippen LogP contribution < -0.4 is 20.1 Å². The van der Waals surface area contributed by atoms with Gasteiger partial charge in [-0.2, -0.15) is 5.26 Å². The first-order valence-corrected chi connectivity index (χ1v) is 11.0. The van der Waals surface area contributed by atoms with Crippen LogP contribution in [0.4, 0.5) is 11.4 Å². The number of hydrogen-bond acceptors (Lipinski definition) is 5. The van der Waals surface area contributed by atoms with Crippen LogP contribution in [-0.4, -0.2) is 25.5 Å². The van der Waals surface area contributed by atoms with Gasteiger partial charge in [-0.3, -0.25) is 9.59 Å². The Hall–Kier alpha value is -4.28. The van der Waals surface area contributed by atoms with E-state index < -0.39 is 5.91 Å². The molecule has 0 heterocycles. The fraction of sp³-hybridized carbons (Fsp3) is 0.148. The van der Waals surface area contributed by atoms with E-state index >= 15 is 0 Å². The maximum Gasteiger partial charge on any atom is 0.266 e. The van der Waals surface area contributed by atoms with E-state index in [0.29, 0.717) is 16.9 Å². The number of para-hydroxylation sites is 1. The third kappa shape index (κ3) is 6.62. The van der Waals surface area contributed by atoms with Gasteiger partial charge in [-0.25, -0.2) is 0 Å². The number of anilines is 2. The van der Waals surface area contributed by atoms with E-state index in [4.69, 9.17) is 21.1 Å². The fourth-order valence-corrected chi connectivity index (χ4v) is 3.48. The molecule has 0 unspecified atom stereocenters. The minimum Gasteiger partial charge on any atom is -0.493 e. The van der Waals surface area contributed by atoms with E-state index in [2.05, 4.69) is 10.6 Å². The fourth-order valence-electron chi connectivity index (χ4n) is 3.21. The lowest BCUT2D eigenvalue weighted by atomic mass is 10.1. The molecule has 0 bridgehead atoms. The lowest BCUT2D eigenvalue weighted by Gasteiger charge is -2.14. The number of methoxy groups -OCH3 is 1. The molecule has 3 aromatic carbocycles. The number of hydrogen-bond donors (Lipinski definition) is 2. The van der Waals surface area contributed by atoms with Crippen molar-refractivity contribution in [2.24, 2.45) is 0 Å². The molecule has 0 saturated heterocycles. The molecule has 7 nitrogen and oxygen atoms in total. The number of aryl methyl sites for hydroxylation is 1. The van der Waals surface area contributed by atoms with Gasteiger partial charge in [0.15, 0.2) is 18.1 Å². The zero-order chi connectivity index (χ0) is 25.4. The van der Waals surface area contributed by atoms with Crippen molar-refractivity contribution in [1.29, 1.82) is 5.26 Å². The van der Waals surface area contributed by atoms with Gasteiger partial charge in [-0.1, -0.05) is 41.9 Å². The van der Waals surface area contributed by atoms with Crippen LogP contribution in [-0.2, 0) is 9.59 Å². The molecule has 8 heteroatoms. The zero-order valence-electron chi connectivity index (χ0n) is 19.5. The van der Waals surface area contributed by atoms with Crippen molar-refractivity contribution >= 4 is 40.9 Å². The first kappa shape index (κ1) is 25.3. The lowest BCUT2D eigenvalue weighted by molar-refractivity contribution is -0.118. The van der Waals surface area contributed by atoms with Gasteiger partial charge in [-0.15, -0.1) is 0 Å². The molecule has 0 aliphatic rings. The molecule has 3 aromatic rings. The SMILES string of the molecule is COc1cc(/C=C(\C#N)C(=O)Nc2ccccc2)cc(Cl)c1OCC(=O)Nc1cccc(C)c1C. The van der Waals surface area contributed by atoms with Gasteiger partial charge >= 0.3 is 0 Å². The van der Waals surface area contributed by atoms with Crippen LogP contribution >= 0.6 is 11.6 Å². The highest BCUT2D eigenvalue weighted by Gasteiger charge is 2.16. The summed E-state index contributed by atoms with van der Waals surface area (Å²) >= 11 is 6.39. The zero-order valence-corrected chi connectivity index (χ0v) is 20.3. The van der Waals surface area contributed by atoms with E-state index in [-0.39, 0.29) is 34.6 Å². The molecule has 0 aliphatic heterocycles. The molecule has 178 valence electrons. The molecular weight excluding hydrogens is 466 g/mol. The standard InChI is InChI=1S/C27H24ClN3O4/c1-17-8-7-11-23(18(17)2)31-25(32)16-35-26-22(28)13-19(14-24(26)34-3)12-20(15-29)27(33)30-21-9-5-4-6-10-21/h4-14H,16H2,1-3H3,(H,30,33)(H,31,32)/b20-12+. The number of nitrogens with one attached hydrogen (secondary N) is 2. The predicted molar refractivity (Wildman–Crippen MR) is 137 cm³/mol. The van der Waals surface area contributed by atoms with Crippen LogP contribution in [0, 0.1) is 25.2 Å². The molecule has 0 saturated carbocycles. The number of carbonyl (C=O) groups is 2. The summed E-state index contributed by atoms with van der Waals surface area (Å²) in [5.41, 5.74) is 3.64. The van der Waals surface area contributed by atoms with E-state index in [1.165, 1.54) is 19.3 Å². The maximum absolute atomic E-state index is 12.5. The van der Waals surface area contributed by atoms with E-state index in [0.717, 1.165) is 11.1 Å². The van der Waals surface area contributed by atoms with Crippen LogP contribution in [0.1, 0.15) is 16.7 Å². The number of nitriles is 1. The highest BCUT2D eigenvalue weighted by molar-refractivity contribution is 6.32. The largest absolute Gasteiger partial charge is 0.493 e. The van der Waals surface area contributed by atoms with Crippen LogP contribution in [0.3, 0.4) is 0 Å². The molecule has 2 N–H and O–H groups in total. The number of carbonyl (C=O) groups excluding carboxylic acids is 2. The highest BCUT2D eigenvalue weighted by atomic mass is 35.5. The van der Waals surface area contributed by atoms with E-state index in [9.17, 15) is 14.9 Å². The molecule has 0 spiro atoms. The Morgan fingerprint density at radius 1 is 1.06 bits per heavy atom. The monoisotopic (exact) mass is 489 g/mol. The highest BCUT2D eigenvalue weighted by Crippen LogP contribution is 2.37. The van der Waals surface area contributed by atoms with Crippen LogP contribution in [0.15, 0.2) is 66.2 Å². The van der Waals surface area contributed by atoms with Gasteiger partial charge in [0.05, 0.1) is 12.1 Å². The number of ether oxygens (including phenoxy) is 2. The summed E-state index contributed by atoms with van der Waals surface area (Å²) < 4.78 is 11.0. The van der Waals surface area contributed by atoms with Crippen molar-refractivity contribution in [1.82, 2.24) is 0 Å². The predicted octanol–water partition coefficient (Wildman–Crippen LogP) is 5.53. The first-order chi connectivity index (χ1) is 16.8. The molecule has 0 aromatic heterocycles. The summed E-state index contributed by atoms with van der Waals surface area (Å²) in [6, 6.07) is 19.4. The minimum absolute atomic E-state index is 0.117. The molecule has 0 fully saturated rings. The van der Waals surface area contributed by atoms with Gasteiger partial charge in [0.2, 0.25) is 0 Å². The number of benzene rings is 3. The summed E-state index contributed by atoms with van der Waals surface area (Å²) in [7, 11) is 1.43. The van der Waals surface area contributed by atoms with E-state index in [1.54, 1.807) is 30.3 Å². The normalized spacial score (nSPS) is 10.8. The van der Waals surface area contributed by atoms with Gasteiger partial charge < -0.3 is 20.1 Å². The van der Waals surface area contributed by atoms with Crippen LogP contribution in [0.25, 0.3) is 6.08 Å². The number of halogens is 1. The molecule has 2 amide bonds. The van der Waals surface area contributed by atoms with Gasteiger partial charge in [0.25, 0.3) is 11.8 Å². The van der Waals surface area contributed by atoms with Crippen molar-refractivity contribution < 1.29 is 19.1 Å². The Labute approximate surface area is 208 Å². The topological polar surface area (TPSA) is 100 Å². The molecule has 0 atom stereocenters. The smallest absolute Gasteiger partial charge is 0.266 e. The lowest BCUT2D eigenvalue weighted by Crippen LogP contribution is -2.21. The van der Waals surface area contributed by atoms with Gasteiger partial charge in [-0.05, 0) is 66.9 Å². The van der Waals surface area contributed by atoms with E-state index in [1.807, 2.05) is 44.2 Å². The Morgan fingerprint density at radius 3 is 2.49 bits per heavy atom. The Bertz CT molecular complexity index is 1310. The number of rotatable bonds is 8. The molecule has 0 aliphatic carbocycles. The Morgan fingerprint density at radius 2 is 1.80 bits per heavy atom. The first-order valence-electron chi connectivity index (χ1n) is 10.7. The van der Waals surface area contributed by atoms with Crippen molar-refractivity contribution in [2.75, 3.05) is 24.4 Å². The summed E-state index contributed by atoms with van der Waals surface area (Å²) in [5.74, 6) is -0.485. The third-order valence-electron chi connectivity index (χ3n) is 5.19. The summed E-state index contributed by atoms with van der Waals surface area (Å²) in [4.78, 5) is 24.9. The summed E-state index contributed by atoms with van der Waals surface area (Å²) in [6.45, 7) is 3.60.